The fraction of sp³-hybridized carbons (Fsp3) is 0.273. The average Bonchev–Trinajstić information content (AvgIpc) is 3.02. The van der Waals surface area contributed by atoms with Crippen LogP contribution >= 0.6 is 0 Å². The predicted molar refractivity (Wildman–Crippen MR) is 109 cm³/mol. The third-order valence-corrected chi connectivity index (χ3v) is 5.24. The standard InChI is InChI=1S/C22H23N3O3/c26-21-19(18-12-16(22(27)28)6-9-20(18)24-21)13-23-17-7-4-15(5-8-17)14-25-10-2-1-3-11-25/h4-9,12-13,23H,1-3,10-11,14H2,(H,24,26)(H,27,28). The Morgan fingerprint density at radius 2 is 1.86 bits per heavy atom. The van der Waals surface area contributed by atoms with Gasteiger partial charge >= 0.3 is 5.97 Å². The van der Waals surface area contributed by atoms with Crippen LogP contribution in [0.15, 0.2) is 48.7 Å². The molecule has 2 heterocycles. The number of anilines is 2. The van der Waals surface area contributed by atoms with Crippen LogP contribution in [0.3, 0.4) is 0 Å². The maximum atomic E-state index is 12.2. The molecule has 0 radical (unpaired) electrons. The van der Waals surface area contributed by atoms with Gasteiger partial charge in [0.2, 0.25) is 0 Å². The molecular formula is C22H23N3O3. The molecule has 28 heavy (non-hydrogen) atoms. The van der Waals surface area contributed by atoms with Gasteiger partial charge in [0.05, 0.1) is 11.1 Å². The van der Waals surface area contributed by atoms with Crippen molar-refractivity contribution >= 4 is 28.8 Å². The summed E-state index contributed by atoms with van der Waals surface area (Å²) in [6, 6.07) is 12.8. The lowest BCUT2D eigenvalue weighted by Crippen LogP contribution is -2.29. The number of benzene rings is 2. The Balaban J connectivity index is 1.46. The molecule has 0 aromatic heterocycles. The SMILES string of the molecule is O=C1Nc2ccc(C(=O)O)cc2C1=CNc1ccc(CN2CCCCC2)cc1. The topological polar surface area (TPSA) is 81.7 Å². The van der Waals surface area contributed by atoms with Gasteiger partial charge in [0.1, 0.15) is 0 Å². The molecule has 4 rings (SSSR count). The molecule has 144 valence electrons. The number of fused-ring (bicyclic) bond motifs is 1. The minimum atomic E-state index is -1.02. The highest BCUT2D eigenvalue weighted by molar-refractivity contribution is 6.32. The summed E-state index contributed by atoms with van der Waals surface area (Å²) in [6.07, 6.45) is 5.52. The van der Waals surface area contributed by atoms with Gasteiger partial charge in [0.15, 0.2) is 0 Å². The van der Waals surface area contributed by atoms with Gasteiger partial charge in [-0.15, -0.1) is 0 Å². The Hall–Kier alpha value is -3.12. The normalized spacial score (nSPS) is 18.0. The highest BCUT2D eigenvalue weighted by Crippen LogP contribution is 2.32. The van der Waals surface area contributed by atoms with E-state index in [4.69, 9.17) is 0 Å². The molecule has 2 aliphatic rings. The number of likely N-dealkylation sites (tertiary alicyclic amines) is 1. The zero-order chi connectivity index (χ0) is 19.5. The second kappa shape index (κ2) is 7.86. The van der Waals surface area contributed by atoms with E-state index in [1.165, 1.54) is 50.0 Å². The summed E-state index contributed by atoms with van der Waals surface area (Å²) in [4.78, 5) is 25.9. The van der Waals surface area contributed by atoms with Gasteiger partial charge in [0, 0.05) is 29.7 Å². The quantitative estimate of drug-likeness (QED) is 0.691. The van der Waals surface area contributed by atoms with Crippen LogP contribution < -0.4 is 10.6 Å². The third kappa shape index (κ3) is 3.92. The van der Waals surface area contributed by atoms with Crippen LogP contribution in [-0.4, -0.2) is 35.0 Å². The van der Waals surface area contributed by atoms with Crippen molar-refractivity contribution in [3.63, 3.8) is 0 Å². The van der Waals surface area contributed by atoms with Crippen molar-refractivity contribution in [3.8, 4) is 0 Å². The molecule has 0 aliphatic carbocycles. The molecule has 0 spiro atoms. The van der Waals surface area contributed by atoms with E-state index in [0.29, 0.717) is 16.8 Å². The largest absolute Gasteiger partial charge is 0.478 e. The van der Waals surface area contributed by atoms with E-state index in [0.717, 1.165) is 12.2 Å². The van der Waals surface area contributed by atoms with E-state index >= 15 is 0 Å². The van der Waals surface area contributed by atoms with Gasteiger partial charge < -0.3 is 15.7 Å². The summed E-state index contributed by atoms with van der Waals surface area (Å²) in [7, 11) is 0. The molecule has 6 heteroatoms. The Morgan fingerprint density at radius 3 is 2.57 bits per heavy atom. The van der Waals surface area contributed by atoms with Crippen LogP contribution in [0, 0.1) is 0 Å². The minimum absolute atomic E-state index is 0.156. The number of aromatic carboxylic acids is 1. The average molecular weight is 377 g/mol. The molecule has 0 atom stereocenters. The molecule has 1 saturated heterocycles. The first-order valence-corrected chi connectivity index (χ1v) is 9.57. The van der Waals surface area contributed by atoms with Crippen molar-refractivity contribution in [2.75, 3.05) is 23.7 Å². The zero-order valence-corrected chi connectivity index (χ0v) is 15.6. The second-order valence-corrected chi connectivity index (χ2v) is 7.26. The number of hydrogen-bond acceptors (Lipinski definition) is 4. The number of nitrogens with one attached hydrogen (secondary N) is 2. The molecule has 0 bridgehead atoms. The minimum Gasteiger partial charge on any atom is -0.478 e. The van der Waals surface area contributed by atoms with Crippen molar-refractivity contribution in [3.05, 3.63) is 65.4 Å². The first-order chi connectivity index (χ1) is 13.6. The van der Waals surface area contributed by atoms with Gasteiger partial charge in [0.25, 0.3) is 5.91 Å². The number of carboxylic acid groups (broad SMARTS) is 1. The molecule has 1 fully saturated rings. The van der Waals surface area contributed by atoms with Crippen molar-refractivity contribution in [1.82, 2.24) is 4.90 Å². The molecule has 2 aromatic rings. The van der Waals surface area contributed by atoms with E-state index in [1.54, 1.807) is 12.3 Å². The molecule has 6 nitrogen and oxygen atoms in total. The third-order valence-electron chi connectivity index (χ3n) is 5.24. The van der Waals surface area contributed by atoms with Crippen LogP contribution in [0.4, 0.5) is 11.4 Å². The number of nitrogens with zero attached hydrogens (tertiary/aromatic N) is 1. The number of piperidine rings is 1. The Kier molecular flexibility index (Phi) is 5.12. The smallest absolute Gasteiger partial charge is 0.335 e. The zero-order valence-electron chi connectivity index (χ0n) is 15.6. The van der Waals surface area contributed by atoms with Gasteiger partial charge in [-0.2, -0.15) is 0 Å². The molecule has 0 saturated carbocycles. The Labute approximate surface area is 163 Å². The van der Waals surface area contributed by atoms with E-state index in [1.807, 2.05) is 12.1 Å². The fourth-order valence-corrected chi connectivity index (χ4v) is 3.70. The predicted octanol–water partition coefficient (Wildman–Crippen LogP) is 3.78. The lowest BCUT2D eigenvalue weighted by atomic mass is 10.0. The fourth-order valence-electron chi connectivity index (χ4n) is 3.70. The molecule has 1 amide bonds. The van der Waals surface area contributed by atoms with Crippen LogP contribution in [0.2, 0.25) is 0 Å². The van der Waals surface area contributed by atoms with E-state index in [2.05, 4.69) is 27.7 Å². The Bertz CT molecular complexity index is 929. The maximum Gasteiger partial charge on any atom is 0.335 e. The highest BCUT2D eigenvalue weighted by Gasteiger charge is 2.25. The van der Waals surface area contributed by atoms with Gasteiger partial charge in [-0.05, 0) is 61.8 Å². The van der Waals surface area contributed by atoms with Crippen LogP contribution in [0.5, 0.6) is 0 Å². The molecule has 2 aliphatic heterocycles. The first-order valence-electron chi connectivity index (χ1n) is 9.57. The molecule has 0 unspecified atom stereocenters. The lowest BCUT2D eigenvalue weighted by Gasteiger charge is -2.26. The van der Waals surface area contributed by atoms with Crippen molar-refractivity contribution in [2.24, 2.45) is 0 Å². The van der Waals surface area contributed by atoms with Crippen molar-refractivity contribution in [1.29, 1.82) is 0 Å². The summed E-state index contributed by atoms with van der Waals surface area (Å²) < 4.78 is 0. The molecular weight excluding hydrogens is 354 g/mol. The van der Waals surface area contributed by atoms with Gasteiger partial charge in [-0.1, -0.05) is 18.6 Å². The van der Waals surface area contributed by atoms with Crippen LogP contribution in [-0.2, 0) is 11.3 Å². The van der Waals surface area contributed by atoms with Crippen molar-refractivity contribution < 1.29 is 14.7 Å². The highest BCUT2D eigenvalue weighted by atomic mass is 16.4. The summed E-state index contributed by atoms with van der Waals surface area (Å²) in [5.41, 5.74) is 3.96. The first kappa shape index (κ1) is 18.3. The van der Waals surface area contributed by atoms with E-state index in [9.17, 15) is 14.7 Å². The number of rotatable bonds is 5. The van der Waals surface area contributed by atoms with E-state index < -0.39 is 5.97 Å². The molecule has 3 N–H and O–H groups in total. The summed E-state index contributed by atoms with van der Waals surface area (Å²) >= 11 is 0. The summed E-state index contributed by atoms with van der Waals surface area (Å²) in [5, 5.41) is 15.1. The van der Waals surface area contributed by atoms with Crippen LogP contribution in [0.25, 0.3) is 5.57 Å². The van der Waals surface area contributed by atoms with Crippen molar-refractivity contribution in [2.45, 2.75) is 25.8 Å². The lowest BCUT2D eigenvalue weighted by molar-refractivity contribution is -0.110. The summed E-state index contributed by atoms with van der Waals surface area (Å²) in [5.74, 6) is -1.26. The number of carbonyl (C=O) groups excluding carboxylic acids is 1. The van der Waals surface area contributed by atoms with Gasteiger partial charge in [-0.25, -0.2) is 4.79 Å². The summed E-state index contributed by atoms with van der Waals surface area (Å²) in [6.45, 7) is 3.30. The number of hydrogen-bond donors (Lipinski definition) is 3. The number of amides is 1. The second-order valence-electron chi connectivity index (χ2n) is 7.26. The number of carbonyl (C=O) groups is 2. The monoisotopic (exact) mass is 377 g/mol. The Morgan fingerprint density at radius 1 is 1.11 bits per heavy atom. The van der Waals surface area contributed by atoms with Gasteiger partial charge in [-0.3, -0.25) is 9.69 Å². The number of carboxylic acids is 1. The van der Waals surface area contributed by atoms with E-state index in [-0.39, 0.29) is 11.5 Å². The van der Waals surface area contributed by atoms with Crippen LogP contribution in [0.1, 0.15) is 40.7 Å². The molecule has 2 aromatic carbocycles. The maximum absolute atomic E-state index is 12.2.